The summed E-state index contributed by atoms with van der Waals surface area (Å²) in [5, 5.41) is 3.38. The normalized spacial score (nSPS) is 12.2. The van der Waals surface area contributed by atoms with Crippen molar-refractivity contribution in [3.63, 3.8) is 0 Å². The molecule has 0 aliphatic carbocycles. The largest absolute Gasteiger partial charge is 0.489 e. The van der Waals surface area contributed by atoms with Crippen molar-refractivity contribution < 1.29 is 9.13 Å². The van der Waals surface area contributed by atoms with E-state index >= 15 is 0 Å². The highest BCUT2D eigenvalue weighted by atomic mass is 19.1. The molecule has 0 spiro atoms. The molecule has 1 unspecified atom stereocenters. The van der Waals surface area contributed by atoms with Gasteiger partial charge in [-0.3, -0.25) is 0 Å². The van der Waals surface area contributed by atoms with Crippen molar-refractivity contribution in [2.24, 2.45) is 0 Å². The Bertz CT molecular complexity index is 556. The minimum atomic E-state index is -0.320. The summed E-state index contributed by atoms with van der Waals surface area (Å²) in [6.45, 7) is 5.33. The van der Waals surface area contributed by atoms with Gasteiger partial charge in [-0.25, -0.2) is 4.39 Å². The number of nitrogens with one attached hydrogen (secondary N) is 1. The van der Waals surface area contributed by atoms with E-state index in [4.69, 9.17) is 4.74 Å². The number of aryl methyl sites for hydroxylation is 1. The summed E-state index contributed by atoms with van der Waals surface area (Å²) in [5.41, 5.74) is 2.54. The van der Waals surface area contributed by atoms with Crippen molar-refractivity contribution >= 4 is 0 Å². The Morgan fingerprint density at radius 3 is 2.55 bits per heavy atom. The van der Waals surface area contributed by atoms with Crippen molar-refractivity contribution in [1.82, 2.24) is 5.32 Å². The second-order valence-corrected chi connectivity index (χ2v) is 4.81. The average Bonchev–Trinajstić information content (AvgIpc) is 2.45. The van der Waals surface area contributed by atoms with E-state index in [1.54, 1.807) is 18.2 Å². The molecule has 0 fully saturated rings. The fourth-order valence-corrected chi connectivity index (χ4v) is 2.18. The fraction of sp³-hybridized carbons (Fsp3) is 0.294. The highest BCUT2D eigenvalue weighted by molar-refractivity contribution is 5.28. The molecule has 0 saturated carbocycles. The highest BCUT2D eigenvalue weighted by Gasteiger charge is 2.07. The van der Waals surface area contributed by atoms with Crippen LogP contribution in [0.1, 0.15) is 24.1 Å². The number of halogens is 1. The van der Waals surface area contributed by atoms with Gasteiger partial charge in [-0.1, -0.05) is 36.4 Å². The molecule has 3 heteroatoms. The third-order valence-electron chi connectivity index (χ3n) is 3.30. The molecule has 2 nitrogen and oxygen atoms in total. The maximum Gasteiger partial charge on any atom is 0.165 e. The first kappa shape index (κ1) is 14.5. The molecule has 0 saturated heterocycles. The van der Waals surface area contributed by atoms with Crippen LogP contribution in [-0.2, 0) is 0 Å². The van der Waals surface area contributed by atoms with E-state index in [0.29, 0.717) is 18.9 Å². The molecule has 2 rings (SSSR count). The van der Waals surface area contributed by atoms with Crippen LogP contribution in [0.4, 0.5) is 4.39 Å². The van der Waals surface area contributed by atoms with Crippen LogP contribution in [0, 0.1) is 12.7 Å². The molecular formula is C17H20FNO. The summed E-state index contributed by atoms with van der Waals surface area (Å²) in [4.78, 5) is 0. The highest BCUT2D eigenvalue weighted by Crippen LogP contribution is 2.17. The molecule has 0 radical (unpaired) electrons. The van der Waals surface area contributed by atoms with Crippen molar-refractivity contribution in [2.75, 3.05) is 13.2 Å². The quantitative estimate of drug-likeness (QED) is 0.807. The minimum absolute atomic E-state index is 0.250. The van der Waals surface area contributed by atoms with E-state index in [1.165, 1.54) is 17.2 Å². The van der Waals surface area contributed by atoms with Gasteiger partial charge in [0, 0.05) is 12.6 Å². The zero-order valence-electron chi connectivity index (χ0n) is 11.9. The molecule has 0 aliphatic heterocycles. The maximum atomic E-state index is 13.3. The molecule has 0 amide bonds. The predicted molar refractivity (Wildman–Crippen MR) is 79.5 cm³/mol. The van der Waals surface area contributed by atoms with Gasteiger partial charge >= 0.3 is 0 Å². The molecular weight excluding hydrogens is 253 g/mol. The molecule has 0 bridgehead atoms. The van der Waals surface area contributed by atoms with E-state index in [0.717, 1.165) is 0 Å². The molecule has 20 heavy (non-hydrogen) atoms. The topological polar surface area (TPSA) is 21.3 Å². The first-order valence-corrected chi connectivity index (χ1v) is 6.84. The molecule has 0 heterocycles. The van der Waals surface area contributed by atoms with Crippen molar-refractivity contribution in [1.29, 1.82) is 0 Å². The lowest BCUT2D eigenvalue weighted by Crippen LogP contribution is -2.25. The Kier molecular flexibility index (Phi) is 5.13. The van der Waals surface area contributed by atoms with E-state index < -0.39 is 0 Å². The number of rotatable bonds is 6. The number of benzene rings is 2. The SMILES string of the molecule is Cc1ccccc1C(C)NCCOc1ccccc1F. The van der Waals surface area contributed by atoms with E-state index in [1.807, 2.05) is 12.1 Å². The van der Waals surface area contributed by atoms with Crippen LogP contribution in [0.2, 0.25) is 0 Å². The maximum absolute atomic E-state index is 13.3. The average molecular weight is 273 g/mol. The summed E-state index contributed by atoms with van der Waals surface area (Å²) in [7, 11) is 0. The van der Waals surface area contributed by atoms with Gasteiger partial charge in [-0.2, -0.15) is 0 Å². The van der Waals surface area contributed by atoms with Gasteiger partial charge < -0.3 is 10.1 Å². The van der Waals surface area contributed by atoms with Crippen molar-refractivity contribution in [3.05, 3.63) is 65.5 Å². The standard InChI is InChI=1S/C17H20FNO/c1-13-7-3-4-8-15(13)14(2)19-11-12-20-17-10-6-5-9-16(17)18/h3-10,14,19H,11-12H2,1-2H3. The Labute approximate surface area is 119 Å². The molecule has 0 aromatic heterocycles. The summed E-state index contributed by atoms with van der Waals surface area (Å²) < 4.78 is 18.8. The molecule has 2 aromatic rings. The van der Waals surface area contributed by atoms with Gasteiger partial charge in [0.15, 0.2) is 11.6 Å². The summed E-state index contributed by atoms with van der Waals surface area (Å²) in [6, 6.07) is 15.0. The lowest BCUT2D eigenvalue weighted by Gasteiger charge is -2.16. The van der Waals surface area contributed by atoms with Crippen LogP contribution < -0.4 is 10.1 Å². The molecule has 106 valence electrons. The van der Waals surface area contributed by atoms with Crippen molar-refractivity contribution in [3.8, 4) is 5.75 Å². The number of ether oxygens (including phenoxy) is 1. The third-order valence-corrected chi connectivity index (χ3v) is 3.30. The van der Waals surface area contributed by atoms with E-state index in [2.05, 4.69) is 31.3 Å². The number of hydrogen-bond donors (Lipinski definition) is 1. The van der Waals surface area contributed by atoms with Gasteiger partial charge in [0.1, 0.15) is 6.61 Å². The van der Waals surface area contributed by atoms with Crippen LogP contribution in [-0.4, -0.2) is 13.2 Å². The number of hydrogen-bond acceptors (Lipinski definition) is 2. The summed E-state index contributed by atoms with van der Waals surface area (Å²) in [6.07, 6.45) is 0. The second kappa shape index (κ2) is 7.06. The summed E-state index contributed by atoms with van der Waals surface area (Å²) >= 11 is 0. The van der Waals surface area contributed by atoms with E-state index in [-0.39, 0.29) is 11.9 Å². The molecule has 1 atom stereocenters. The predicted octanol–water partition coefficient (Wildman–Crippen LogP) is 3.86. The van der Waals surface area contributed by atoms with E-state index in [9.17, 15) is 4.39 Å². The van der Waals surface area contributed by atoms with Crippen LogP contribution in [0.5, 0.6) is 5.75 Å². The molecule has 2 aromatic carbocycles. The monoisotopic (exact) mass is 273 g/mol. The first-order chi connectivity index (χ1) is 9.68. The van der Waals surface area contributed by atoms with Gasteiger partial charge in [0.2, 0.25) is 0 Å². The van der Waals surface area contributed by atoms with Gasteiger partial charge in [0.25, 0.3) is 0 Å². The molecule has 0 aliphatic rings. The third kappa shape index (κ3) is 3.81. The Balaban J connectivity index is 1.79. The van der Waals surface area contributed by atoms with Crippen LogP contribution >= 0.6 is 0 Å². The lowest BCUT2D eigenvalue weighted by atomic mass is 10.0. The Morgan fingerprint density at radius 2 is 1.80 bits per heavy atom. The van der Waals surface area contributed by atoms with Gasteiger partial charge in [0.05, 0.1) is 0 Å². The van der Waals surface area contributed by atoms with Crippen LogP contribution in [0.3, 0.4) is 0 Å². The van der Waals surface area contributed by atoms with Gasteiger partial charge in [-0.15, -0.1) is 0 Å². The zero-order chi connectivity index (χ0) is 14.4. The van der Waals surface area contributed by atoms with Crippen LogP contribution in [0.15, 0.2) is 48.5 Å². The van der Waals surface area contributed by atoms with Gasteiger partial charge in [-0.05, 0) is 37.1 Å². The Morgan fingerprint density at radius 1 is 1.10 bits per heavy atom. The lowest BCUT2D eigenvalue weighted by molar-refractivity contribution is 0.293. The fourth-order valence-electron chi connectivity index (χ4n) is 2.18. The Hall–Kier alpha value is -1.87. The summed E-state index contributed by atoms with van der Waals surface area (Å²) in [5.74, 6) is -0.0164. The van der Waals surface area contributed by atoms with Crippen molar-refractivity contribution in [2.45, 2.75) is 19.9 Å². The number of para-hydroxylation sites is 1. The van der Waals surface area contributed by atoms with Crippen LogP contribution in [0.25, 0.3) is 0 Å². The first-order valence-electron chi connectivity index (χ1n) is 6.84. The smallest absolute Gasteiger partial charge is 0.165 e. The molecule has 1 N–H and O–H groups in total. The zero-order valence-corrected chi connectivity index (χ0v) is 11.9. The minimum Gasteiger partial charge on any atom is -0.489 e. The second-order valence-electron chi connectivity index (χ2n) is 4.81.